The van der Waals surface area contributed by atoms with Crippen LogP contribution in [-0.2, 0) is 11.2 Å². The lowest BCUT2D eigenvalue weighted by atomic mass is 9.73. The van der Waals surface area contributed by atoms with Gasteiger partial charge in [-0.25, -0.2) is 0 Å². The van der Waals surface area contributed by atoms with E-state index in [2.05, 4.69) is 18.4 Å². The van der Waals surface area contributed by atoms with Gasteiger partial charge in [-0.15, -0.1) is 11.3 Å². The van der Waals surface area contributed by atoms with Crippen LogP contribution in [0.15, 0.2) is 11.4 Å². The van der Waals surface area contributed by atoms with Gasteiger partial charge in [0.15, 0.2) is 0 Å². The number of carbonyl (C=O) groups is 1. The highest BCUT2D eigenvalue weighted by Gasteiger charge is 2.34. The molecule has 0 aromatic carbocycles. The predicted molar refractivity (Wildman–Crippen MR) is 90.0 cm³/mol. The maximum Gasteiger partial charge on any atom is 0.143 e. The Morgan fingerprint density at radius 1 is 1.24 bits per heavy atom. The van der Waals surface area contributed by atoms with Gasteiger partial charge in [-0.1, -0.05) is 26.2 Å². The first-order valence-corrected chi connectivity index (χ1v) is 9.77. The topological polar surface area (TPSA) is 17.1 Å². The summed E-state index contributed by atoms with van der Waals surface area (Å²) in [5.41, 5.74) is 1.38. The lowest BCUT2D eigenvalue weighted by molar-refractivity contribution is -0.125. The third-order valence-electron chi connectivity index (χ3n) is 5.61. The van der Waals surface area contributed by atoms with Crippen LogP contribution < -0.4 is 0 Å². The first-order chi connectivity index (χ1) is 10.3. The second-order valence-corrected chi connectivity index (χ2v) is 8.01. The van der Waals surface area contributed by atoms with Gasteiger partial charge in [0.25, 0.3) is 0 Å². The van der Waals surface area contributed by atoms with Crippen LogP contribution in [0.25, 0.3) is 0 Å². The maximum atomic E-state index is 12.9. The van der Waals surface area contributed by atoms with Crippen molar-refractivity contribution in [1.82, 2.24) is 0 Å². The Morgan fingerprint density at radius 3 is 2.81 bits per heavy atom. The molecule has 0 spiro atoms. The lowest BCUT2D eigenvalue weighted by Crippen LogP contribution is -2.28. The van der Waals surface area contributed by atoms with E-state index in [1.54, 1.807) is 0 Å². The maximum absolute atomic E-state index is 12.9. The molecule has 2 aliphatic carbocycles. The molecule has 1 saturated carbocycles. The Morgan fingerprint density at radius 2 is 2.05 bits per heavy atom. The summed E-state index contributed by atoms with van der Waals surface area (Å²) >= 11 is 1.85. The van der Waals surface area contributed by atoms with Gasteiger partial charge in [-0.05, 0) is 67.9 Å². The molecule has 1 fully saturated rings. The van der Waals surface area contributed by atoms with Crippen LogP contribution in [0, 0.1) is 11.8 Å². The number of rotatable bonds is 5. The van der Waals surface area contributed by atoms with Crippen molar-refractivity contribution >= 4 is 17.1 Å². The van der Waals surface area contributed by atoms with Gasteiger partial charge in [0.05, 0.1) is 0 Å². The quantitative estimate of drug-likeness (QED) is 0.678. The molecule has 116 valence electrons. The molecule has 3 rings (SSSR count). The Hall–Kier alpha value is -0.630. The molecule has 21 heavy (non-hydrogen) atoms. The van der Waals surface area contributed by atoms with Crippen molar-refractivity contribution < 1.29 is 4.79 Å². The van der Waals surface area contributed by atoms with Gasteiger partial charge in [-0.3, -0.25) is 4.79 Å². The van der Waals surface area contributed by atoms with Gasteiger partial charge in [-0.2, -0.15) is 0 Å². The number of unbranched alkanes of at least 4 members (excludes halogenated alkanes) is 1. The smallest absolute Gasteiger partial charge is 0.143 e. The van der Waals surface area contributed by atoms with Crippen molar-refractivity contribution in [2.75, 3.05) is 0 Å². The molecule has 2 heteroatoms. The SMILES string of the molecule is CCCCC1CCC(C(=O)C2CCCc3sccc32)CC1. The van der Waals surface area contributed by atoms with Crippen LogP contribution in [0.3, 0.4) is 0 Å². The van der Waals surface area contributed by atoms with Gasteiger partial charge in [0, 0.05) is 16.7 Å². The molecule has 0 amide bonds. The van der Waals surface area contributed by atoms with Crippen molar-refractivity contribution in [2.45, 2.75) is 77.0 Å². The van der Waals surface area contributed by atoms with E-state index in [1.165, 1.54) is 55.4 Å². The minimum Gasteiger partial charge on any atom is -0.299 e. The minimum absolute atomic E-state index is 0.234. The molecular weight excluding hydrogens is 276 g/mol. The van der Waals surface area contributed by atoms with Crippen molar-refractivity contribution in [3.63, 3.8) is 0 Å². The zero-order chi connectivity index (χ0) is 14.7. The van der Waals surface area contributed by atoms with E-state index in [0.29, 0.717) is 11.7 Å². The molecule has 1 atom stereocenters. The van der Waals surface area contributed by atoms with E-state index >= 15 is 0 Å². The molecule has 2 aliphatic rings. The van der Waals surface area contributed by atoms with Crippen LogP contribution in [0.4, 0.5) is 0 Å². The van der Waals surface area contributed by atoms with E-state index in [-0.39, 0.29) is 5.92 Å². The molecule has 1 aromatic heterocycles. The Bertz CT molecular complexity index is 468. The normalized spacial score (nSPS) is 29.1. The van der Waals surface area contributed by atoms with Crippen molar-refractivity contribution in [2.24, 2.45) is 11.8 Å². The summed E-state index contributed by atoms with van der Waals surface area (Å²) < 4.78 is 0. The number of hydrogen-bond acceptors (Lipinski definition) is 2. The van der Waals surface area contributed by atoms with Gasteiger partial charge in [0.2, 0.25) is 0 Å². The standard InChI is InChI=1S/C19H28OS/c1-2-3-5-14-8-10-15(11-9-14)19(20)17-6-4-7-18-16(17)12-13-21-18/h12-15,17H,2-11H2,1H3. The molecule has 1 aromatic rings. The van der Waals surface area contributed by atoms with Crippen molar-refractivity contribution in [1.29, 1.82) is 0 Å². The molecule has 0 saturated heterocycles. The van der Waals surface area contributed by atoms with Crippen molar-refractivity contribution in [3.8, 4) is 0 Å². The zero-order valence-electron chi connectivity index (χ0n) is 13.3. The van der Waals surface area contributed by atoms with Gasteiger partial charge in [0.1, 0.15) is 5.78 Å². The van der Waals surface area contributed by atoms with Gasteiger partial charge >= 0.3 is 0 Å². The summed E-state index contributed by atoms with van der Waals surface area (Å²) in [7, 11) is 0. The fourth-order valence-electron chi connectivity index (χ4n) is 4.29. The lowest BCUT2D eigenvalue weighted by Gasteiger charge is -2.31. The highest BCUT2D eigenvalue weighted by molar-refractivity contribution is 7.10. The average molecular weight is 304 g/mol. The summed E-state index contributed by atoms with van der Waals surface area (Å²) in [5.74, 6) is 2.07. The number of aryl methyl sites for hydroxylation is 1. The summed E-state index contributed by atoms with van der Waals surface area (Å²) in [6.07, 6.45) is 12.4. The average Bonchev–Trinajstić information content (AvgIpc) is 3.01. The van der Waals surface area contributed by atoms with Crippen molar-refractivity contribution in [3.05, 3.63) is 21.9 Å². The van der Waals surface area contributed by atoms with E-state index in [1.807, 2.05) is 11.3 Å². The number of hydrogen-bond donors (Lipinski definition) is 0. The van der Waals surface area contributed by atoms with E-state index in [0.717, 1.165) is 25.2 Å². The number of ketones is 1. The molecule has 0 radical (unpaired) electrons. The molecule has 0 aliphatic heterocycles. The van der Waals surface area contributed by atoms with E-state index in [4.69, 9.17) is 0 Å². The second-order valence-electron chi connectivity index (χ2n) is 7.01. The zero-order valence-corrected chi connectivity index (χ0v) is 14.1. The highest BCUT2D eigenvalue weighted by Crippen LogP contribution is 2.40. The van der Waals surface area contributed by atoms with E-state index in [9.17, 15) is 4.79 Å². The van der Waals surface area contributed by atoms with Crippen LogP contribution in [0.2, 0.25) is 0 Å². The Balaban J connectivity index is 1.58. The molecule has 1 nitrogen and oxygen atoms in total. The molecule has 1 unspecified atom stereocenters. The van der Waals surface area contributed by atoms with Crippen LogP contribution in [0.1, 0.15) is 81.1 Å². The van der Waals surface area contributed by atoms with Crippen LogP contribution in [-0.4, -0.2) is 5.78 Å². The number of Topliss-reactive ketones (excluding diaryl/α,β-unsaturated/α-hetero) is 1. The molecule has 0 N–H and O–H groups in total. The first kappa shape index (κ1) is 15.3. The summed E-state index contributed by atoms with van der Waals surface area (Å²) in [6, 6.07) is 2.22. The fourth-order valence-corrected chi connectivity index (χ4v) is 5.28. The Kier molecular flexibility index (Phi) is 5.15. The molecular formula is C19H28OS. The second kappa shape index (κ2) is 7.09. The van der Waals surface area contributed by atoms with Crippen LogP contribution >= 0.6 is 11.3 Å². The Labute approximate surface area is 133 Å². The molecule has 1 heterocycles. The summed E-state index contributed by atoms with van der Waals surface area (Å²) in [4.78, 5) is 14.4. The number of carbonyl (C=O) groups excluding carboxylic acids is 1. The summed E-state index contributed by atoms with van der Waals surface area (Å²) in [5, 5.41) is 2.18. The number of thiophene rings is 1. The summed E-state index contributed by atoms with van der Waals surface area (Å²) in [6.45, 7) is 2.27. The molecule has 0 bridgehead atoms. The van der Waals surface area contributed by atoms with Crippen LogP contribution in [0.5, 0.6) is 0 Å². The van der Waals surface area contributed by atoms with E-state index < -0.39 is 0 Å². The minimum atomic E-state index is 0.234. The highest BCUT2D eigenvalue weighted by atomic mass is 32.1. The monoisotopic (exact) mass is 304 g/mol. The fraction of sp³-hybridized carbons (Fsp3) is 0.737. The van der Waals surface area contributed by atoms with Gasteiger partial charge < -0.3 is 0 Å². The first-order valence-electron chi connectivity index (χ1n) is 8.89. The largest absolute Gasteiger partial charge is 0.299 e. The third kappa shape index (κ3) is 3.41. The predicted octanol–water partition coefficient (Wildman–Crippen LogP) is 5.73. The third-order valence-corrected chi connectivity index (χ3v) is 6.61. The number of fused-ring (bicyclic) bond motifs is 1.